The molecule has 130 valence electrons. The molecule has 6 heteroatoms. The highest BCUT2D eigenvalue weighted by Gasteiger charge is 2.27. The van der Waals surface area contributed by atoms with Crippen molar-refractivity contribution in [3.05, 3.63) is 23.8 Å². The Morgan fingerprint density at radius 3 is 2.61 bits per heavy atom. The van der Waals surface area contributed by atoms with E-state index in [1.54, 1.807) is 25.3 Å². The minimum atomic E-state index is -3.49. The van der Waals surface area contributed by atoms with Gasteiger partial charge in [0.25, 0.3) is 0 Å². The largest absolute Gasteiger partial charge is 0.491 e. The molecule has 0 aliphatic heterocycles. The maximum Gasteiger partial charge on any atom is 0.240 e. The van der Waals surface area contributed by atoms with E-state index in [0.29, 0.717) is 29.8 Å². The number of methoxy groups -OCH3 is 1. The maximum absolute atomic E-state index is 12.6. The summed E-state index contributed by atoms with van der Waals surface area (Å²) in [5.74, 6) is 1.07. The fourth-order valence-electron chi connectivity index (χ4n) is 2.94. The molecular formula is C17H27NO4S. The highest BCUT2D eigenvalue weighted by Crippen LogP contribution is 2.26. The van der Waals surface area contributed by atoms with Crippen LogP contribution in [0.1, 0.15) is 38.2 Å². The molecule has 0 spiro atoms. The van der Waals surface area contributed by atoms with Gasteiger partial charge in [-0.25, -0.2) is 13.1 Å². The number of benzene rings is 1. The van der Waals surface area contributed by atoms with Crippen molar-refractivity contribution in [2.75, 3.05) is 20.3 Å². The second-order valence-electron chi connectivity index (χ2n) is 6.26. The smallest absolute Gasteiger partial charge is 0.240 e. The Hall–Kier alpha value is -1.11. The molecule has 1 saturated carbocycles. The van der Waals surface area contributed by atoms with Gasteiger partial charge in [-0.1, -0.05) is 19.8 Å². The zero-order valence-electron chi connectivity index (χ0n) is 14.2. The van der Waals surface area contributed by atoms with Crippen molar-refractivity contribution >= 4 is 10.0 Å². The van der Waals surface area contributed by atoms with Crippen LogP contribution in [0.2, 0.25) is 0 Å². The molecule has 0 bridgehead atoms. The second-order valence-corrected chi connectivity index (χ2v) is 7.97. The van der Waals surface area contributed by atoms with Crippen molar-refractivity contribution < 1.29 is 17.9 Å². The first-order valence-electron chi connectivity index (χ1n) is 8.19. The Morgan fingerprint density at radius 1 is 1.22 bits per heavy atom. The van der Waals surface area contributed by atoms with Crippen molar-refractivity contribution in [3.8, 4) is 5.75 Å². The van der Waals surface area contributed by atoms with Gasteiger partial charge in [-0.3, -0.25) is 0 Å². The lowest BCUT2D eigenvalue weighted by molar-refractivity contribution is 0.146. The van der Waals surface area contributed by atoms with Crippen LogP contribution in [0.3, 0.4) is 0 Å². The summed E-state index contributed by atoms with van der Waals surface area (Å²) >= 11 is 0. The van der Waals surface area contributed by atoms with Crippen LogP contribution in [0.5, 0.6) is 5.75 Å². The van der Waals surface area contributed by atoms with Gasteiger partial charge in [0.2, 0.25) is 10.0 Å². The van der Waals surface area contributed by atoms with Crippen molar-refractivity contribution in [2.24, 2.45) is 5.92 Å². The van der Waals surface area contributed by atoms with Gasteiger partial charge in [0.1, 0.15) is 12.4 Å². The summed E-state index contributed by atoms with van der Waals surface area (Å²) in [4.78, 5) is 0.298. The molecule has 1 aliphatic carbocycles. The van der Waals surface area contributed by atoms with E-state index in [2.05, 4.69) is 11.6 Å². The SMILES string of the molecule is COCCOc1ccc(S(=O)(=O)N[C@H]2CCCC[C@H]2C)cc1C. The molecule has 0 radical (unpaired) electrons. The maximum atomic E-state index is 12.6. The first-order chi connectivity index (χ1) is 10.9. The second kappa shape index (κ2) is 8.13. The minimum absolute atomic E-state index is 0.0340. The van der Waals surface area contributed by atoms with Gasteiger partial charge < -0.3 is 9.47 Å². The quantitative estimate of drug-likeness (QED) is 0.775. The molecule has 1 N–H and O–H groups in total. The molecule has 0 aromatic heterocycles. The summed E-state index contributed by atoms with van der Waals surface area (Å²) in [6.07, 6.45) is 4.27. The van der Waals surface area contributed by atoms with Crippen LogP contribution in [0.15, 0.2) is 23.1 Å². The lowest BCUT2D eigenvalue weighted by Gasteiger charge is -2.29. The molecule has 2 rings (SSSR count). The van der Waals surface area contributed by atoms with Crippen LogP contribution in [0, 0.1) is 12.8 Å². The molecule has 5 nitrogen and oxygen atoms in total. The average Bonchev–Trinajstić information content (AvgIpc) is 2.51. The summed E-state index contributed by atoms with van der Waals surface area (Å²) < 4.78 is 38.6. The minimum Gasteiger partial charge on any atom is -0.491 e. The molecule has 0 unspecified atom stereocenters. The van der Waals surface area contributed by atoms with Gasteiger partial charge in [0.05, 0.1) is 11.5 Å². The molecule has 1 aromatic rings. The molecule has 0 heterocycles. The number of sulfonamides is 1. The number of aryl methyl sites for hydroxylation is 1. The topological polar surface area (TPSA) is 64.6 Å². The van der Waals surface area contributed by atoms with Crippen molar-refractivity contribution in [2.45, 2.75) is 50.5 Å². The molecule has 23 heavy (non-hydrogen) atoms. The fraction of sp³-hybridized carbons (Fsp3) is 0.647. The summed E-state index contributed by atoms with van der Waals surface area (Å²) in [7, 11) is -1.87. The monoisotopic (exact) mass is 341 g/mol. The standard InChI is InChI=1S/C17H27NO4S/c1-13-6-4-5-7-16(13)18-23(19,20)15-8-9-17(14(2)12-15)22-11-10-21-3/h8-9,12-13,16,18H,4-7,10-11H2,1-3H3/t13-,16+/m1/s1. The van der Waals surface area contributed by atoms with Gasteiger partial charge in [0.15, 0.2) is 0 Å². The van der Waals surface area contributed by atoms with Gasteiger partial charge >= 0.3 is 0 Å². The third-order valence-corrected chi connectivity index (χ3v) is 5.91. The Morgan fingerprint density at radius 2 is 1.96 bits per heavy atom. The lowest BCUT2D eigenvalue weighted by Crippen LogP contribution is -2.40. The molecule has 1 aliphatic rings. The van der Waals surface area contributed by atoms with Crippen molar-refractivity contribution in [3.63, 3.8) is 0 Å². The highest BCUT2D eigenvalue weighted by atomic mass is 32.2. The Labute approximate surface area is 139 Å². The Balaban J connectivity index is 2.08. The summed E-state index contributed by atoms with van der Waals surface area (Å²) in [6.45, 7) is 4.91. The normalized spacial score (nSPS) is 22.0. The summed E-state index contributed by atoms with van der Waals surface area (Å²) in [5.41, 5.74) is 0.806. The molecule has 0 amide bonds. The van der Waals surface area contributed by atoms with E-state index in [1.165, 1.54) is 6.42 Å². The molecule has 0 saturated heterocycles. The summed E-state index contributed by atoms with van der Waals surface area (Å²) in [5, 5.41) is 0. The van der Waals surface area contributed by atoms with Crippen LogP contribution < -0.4 is 9.46 Å². The molecule has 2 atom stereocenters. The molecule has 1 aromatic carbocycles. The van der Waals surface area contributed by atoms with Crippen LogP contribution in [0.4, 0.5) is 0 Å². The van der Waals surface area contributed by atoms with E-state index in [0.717, 1.165) is 24.8 Å². The van der Waals surface area contributed by atoms with Crippen molar-refractivity contribution in [1.29, 1.82) is 0 Å². The summed E-state index contributed by atoms with van der Waals surface area (Å²) in [6, 6.07) is 5.01. The van der Waals surface area contributed by atoms with E-state index < -0.39 is 10.0 Å². The third kappa shape index (κ3) is 4.93. The van der Waals surface area contributed by atoms with Crippen LogP contribution in [0.25, 0.3) is 0 Å². The number of ether oxygens (including phenoxy) is 2. The van der Waals surface area contributed by atoms with Crippen LogP contribution in [-0.4, -0.2) is 34.8 Å². The highest BCUT2D eigenvalue weighted by molar-refractivity contribution is 7.89. The van der Waals surface area contributed by atoms with Crippen molar-refractivity contribution in [1.82, 2.24) is 4.72 Å². The van der Waals surface area contributed by atoms with Gasteiger partial charge in [0, 0.05) is 13.2 Å². The molecular weight excluding hydrogens is 314 g/mol. The average molecular weight is 341 g/mol. The lowest BCUT2D eigenvalue weighted by atomic mass is 9.87. The van der Waals surface area contributed by atoms with Gasteiger partial charge in [-0.15, -0.1) is 0 Å². The van der Waals surface area contributed by atoms with E-state index in [4.69, 9.17) is 9.47 Å². The number of hydrogen-bond acceptors (Lipinski definition) is 4. The van der Waals surface area contributed by atoms with E-state index in [-0.39, 0.29) is 6.04 Å². The zero-order valence-corrected chi connectivity index (χ0v) is 15.0. The van der Waals surface area contributed by atoms with Crippen LogP contribution >= 0.6 is 0 Å². The van der Waals surface area contributed by atoms with E-state index >= 15 is 0 Å². The van der Waals surface area contributed by atoms with Gasteiger partial charge in [-0.05, 0) is 49.4 Å². The zero-order chi connectivity index (χ0) is 16.9. The third-order valence-electron chi connectivity index (χ3n) is 4.42. The van der Waals surface area contributed by atoms with E-state index in [9.17, 15) is 8.42 Å². The van der Waals surface area contributed by atoms with E-state index in [1.807, 2.05) is 6.92 Å². The predicted octanol–water partition coefficient (Wildman–Crippen LogP) is 2.88. The fourth-order valence-corrected chi connectivity index (χ4v) is 4.41. The Kier molecular flexibility index (Phi) is 6.44. The van der Waals surface area contributed by atoms with Gasteiger partial charge in [-0.2, -0.15) is 0 Å². The van der Waals surface area contributed by atoms with Crippen LogP contribution in [-0.2, 0) is 14.8 Å². The number of nitrogens with one attached hydrogen (secondary N) is 1. The number of rotatable bonds is 7. The molecule has 1 fully saturated rings. The first kappa shape index (κ1) is 18.2. The Bertz CT molecular complexity index is 615. The number of hydrogen-bond donors (Lipinski definition) is 1. The predicted molar refractivity (Wildman–Crippen MR) is 90.3 cm³/mol. The first-order valence-corrected chi connectivity index (χ1v) is 9.67.